The second-order valence-corrected chi connectivity index (χ2v) is 8.80. The fourth-order valence-electron chi connectivity index (χ4n) is 3.45. The van der Waals surface area contributed by atoms with Crippen molar-refractivity contribution < 1.29 is 17.9 Å². The van der Waals surface area contributed by atoms with Crippen LogP contribution in [0.2, 0.25) is 0 Å². The zero-order valence-corrected chi connectivity index (χ0v) is 16.8. The van der Waals surface area contributed by atoms with Crippen molar-refractivity contribution in [2.75, 3.05) is 13.7 Å². The Labute approximate surface area is 166 Å². The number of carbonyl (C=O) groups is 1. The van der Waals surface area contributed by atoms with E-state index in [0.29, 0.717) is 19.5 Å². The van der Waals surface area contributed by atoms with Crippen molar-refractivity contribution >= 4 is 15.9 Å². The number of benzene rings is 2. The number of hydrogen-bond acceptors (Lipinski definition) is 4. The maximum Gasteiger partial charge on any atom is 0.243 e. The van der Waals surface area contributed by atoms with Crippen LogP contribution >= 0.6 is 0 Å². The summed E-state index contributed by atoms with van der Waals surface area (Å²) >= 11 is 0. The summed E-state index contributed by atoms with van der Waals surface area (Å²) in [5, 5.41) is 2.89. The van der Waals surface area contributed by atoms with E-state index in [1.807, 2.05) is 24.3 Å². The summed E-state index contributed by atoms with van der Waals surface area (Å²) in [6.45, 7) is 0.856. The van der Waals surface area contributed by atoms with Gasteiger partial charge in [-0.15, -0.1) is 0 Å². The van der Waals surface area contributed by atoms with Crippen LogP contribution in [0.25, 0.3) is 0 Å². The van der Waals surface area contributed by atoms with Crippen LogP contribution in [0.1, 0.15) is 31.2 Å². The summed E-state index contributed by atoms with van der Waals surface area (Å²) in [7, 11) is -1.98. The van der Waals surface area contributed by atoms with Gasteiger partial charge in [0.1, 0.15) is 5.75 Å². The highest BCUT2D eigenvalue weighted by molar-refractivity contribution is 7.89. The topological polar surface area (TPSA) is 75.7 Å². The summed E-state index contributed by atoms with van der Waals surface area (Å²) in [6.07, 6.45) is 2.61. The molecule has 0 spiro atoms. The Hall–Kier alpha value is -2.38. The van der Waals surface area contributed by atoms with Gasteiger partial charge >= 0.3 is 0 Å². The average Bonchev–Trinajstić information content (AvgIpc) is 2.73. The second-order valence-electron chi connectivity index (χ2n) is 6.91. The van der Waals surface area contributed by atoms with Crippen molar-refractivity contribution in [1.82, 2.24) is 9.62 Å². The smallest absolute Gasteiger partial charge is 0.243 e. The first-order valence-electron chi connectivity index (χ1n) is 9.47. The van der Waals surface area contributed by atoms with Gasteiger partial charge in [0.2, 0.25) is 15.9 Å². The maximum atomic E-state index is 13.0. The number of hydrogen-bond donors (Lipinski definition) is 1. The molecule has 0 radical (unpaired) electrons. The van der Waals surface area contributed by atoms with Crippen molar-refractivity contribution in [3.05, 3.63) is 60.2 Å². The molecule has 0 aliphatic carbocycles. The molecule has 6 nitrogen and oxygen atoms in total. The standard InChI is InChI=1S/C21H26N2O4S/c1-27-19-12-10-17(11-13-19)16-22-21(24)15-18-7-5-6-14-23(18)28(25,26)20-8-3-2-4-9-20/h2-4,8-13,18H,5-7,14-16H2,1H3,(H,22,24)/t18-/m1/s1. The van der Waals surface area contributed by atoms with Gasteiger partial charge in [-0.25, -0.2) is 8.42 Å². The van der Waals surface area contributed by atoms with Crippen LogP contribution in [0.15, 0.2) is 59.5 Å². The maximum absolute atomic E-state index is 13.0. The Balaban J connectivity index is 1.63. The highest BCUT2D eigenvalue weighted by atomic mass is 32.2. The first kappa shape index (κ1) is 20.4. The molecule has 1 fully saturated rings. The fraction of sp³-hybridized carbons (Fsp3) is 0.381. The summed E-state index contributed by atoms with van der Waals surface area (Å²) in [4.78, 5) is 12.7. The van der Waals surface area contributed by atoms with E-state index in [0.717, 1.165) is 24.2 Å². The van der Waals surface area contributed by atoms with E-state index in [9.17, 15) is 13.2 Å². The van der Waals surface area contributed by atoms with E-state index in [1.165, 1.54) is 4.31 Å². The van der Waals surface area contributed by atoms with Gasteiger partial charge in [0.15, 0.2) is 0 Å². The third-order valence-electron chi connectivity index (χ3n) is 4.99. The molecule has 1 aliphatic rings. The number of nitrogens with zero attached hydrogens (tertiary/aromatic N) is 1. The number of nitrogens with one attached hydrogen (secondary N) is 1. The molecule has 1 saturated heterocycles. The first-order chi connectivity index (χ1) is 13.5. The van der Waals surface area contributed by atoms with Crippen LogP contribution in [0.5, 0.6) is 5.75 Å². The van der Waals surface area contributed by atoms with E-state index in [-0.39, 0.29) is 23.3 Å². The first-order valence-corrected chi connectivity index (χ1v) is 10.9. The van der Waals surface area contributed by atoms with E-state index in [2.05, 4.69) is 5.32 Å². The molecule has 1 aliphatic heterocycles. The highest BCUT2D eigenvalue weighted by Crippen LogP contribution is 2.27. The van der Waals surface area contributed by atoms with Gasteiger partial charge in [0.05, 0.1) is 12.0 Å². The quantitative estimate of drug-likeness (QED) is 0.773. The van der Waals surface area contributed by atoms with Crippen molar-refractivity contribution in [2.45, 2.75) is 43.2 Å². The molecule has 150 valence electrons. The molecule has 7 heteroatoms. The van der Waals surface area contributed by atoms with Crippen molar-refractivity contribution in [1.29, 1.82) is 0 Å². The second kappa shape index (κ2) is 9.21. The summed E-state index contributed by atoms with van der Waals surface area (Å²) in [5.74, 6) is 0.620. The van der Waals surface area contributed by atoms with E-state index in [4.69, 9.17) is 4.74 Å². The number of carbonyl (C=O) groups excluding carboxylic acids is 1. The predicted molar refractivity (Wildman–Crippen MR) is 107 cm³/mol. The minimum Gasteiger partial charge on any atom is -0.497 e. The normalized spacial score (nSPS) is 17.8. The molecule has 1 amide bonds. The average molecular weight is 403 g/mol. The SMILES string of the molecule is COc1ccc(CNC(=O)C[C@H]2CCCCN2S(=O)(=O)c2ccccc2)cc1. The number of amides is 1. The van der Waals surface area contributed by atoms with Crippen LogP contribution in [0.4, 0.5) is 0 Å². The molecule has 0 unspecified atom stereocenters. The number of sulfonamides is 1. The van der Waals surface area contributed by atoms with Crippen LogP contribution in [0, 0.1) is 0 Å². The third-order valence-corrected chi connectivity index (χ3v) is 6.96. The molecule has 3 rings (SSSR count). The molecule has 1 heterocycles. The summed E-state index contributed by atoms with van der Waals surface area (Å²) < 4.78 is 32.6. The van der Waals surface area contributed by atoms with Gasteiger partial charge in [0, 0.05) is 25.6 Å². The number of ether oxygens (including phenoxy) is 1. The molecule has 0 aromatic heterocycles. The predicted octanol–water partition coefficient (Wildman–Crippen LogP) is 2.94. The van der Waals surface area contributed by atoms with Crippen molar-refractivity contribution in [3.63, 3.8) is 0 Å². The van der Waals surface area contributed by atoms with Gasteiger partial charge < -0.3 is 10.1 Å². The highest BCUT2D eigenvalue weighted by Gasteiger charge is 2.34. The molecule has 28 heavy (non-hydrogen) atoms. The van der Waals surface area contributed by atoms with Gasteiger partial charge in [-0.3, -0.25) is 4.79 Å². The molecular weight excluding hydrogens is 376 g/mol. The fourth-order valence-corrected chi connectivity index (χ4v) is 5.17. The molecule has 2 aromatic rings. The lowest BCUT2D eigenvalue weighted by Gasteiger charge is -2.34. The summed E-state index contributed by atoms with van der Waals surface area (Å²) in [6, 6.07) is 15.6. The molecular formula is C21H26N2O4S. The van der Waals surface area contributed by atoms with Crippen LogP contribution in [-0.2, 0) is 21.4 Å². The monoisotopic (exact) mass is 402 g/mol. The summed E-state index contributed by atoms with van der Waals surface area (Å²) in [5.41, 5.74) is 0.964. The van der Waals surface area contributed by atoms with Crippen LogP contribution < -0.4 is 10.1 Å². The molecule has 1 N–H and O–H groups in total. The lowest BCUT2D eigenvalue weighted by atomic mass is 10.0. The third kappa shape index (κ3) is 4.91. The molecule has 0 saturated carbocycles. The van der Waals surface area contributed by atoms with Crippen LogP contribution in [0.3, 0.4) is 0 Å². The Kier molecular flexibility index (Phi) is 6.70. The van der Waals surface area contributed by atoms with Gasteiger partial charge in [-0.2, -0.15) is 4.31 Å². The number of rotatable bonds is 7. The van der Waals surface area contributed by atoms with Gasteiger partial charge in [-0.05, 0) is 42.7 Å². The van der Waals surface area contributed by atoms with E-state index >= 15 is 0 Å². The van der Waals surface area contributed by atoms with E-state index < -0.39 is 10.0 Å². The van der Waals surface area contributed by atoms with Crippen molar-refractivity contribution in [3.8, 4) is 5.75 Å². The minimum absolute atomic E-state index is 0.143. The molecule has 1 atom stereocenters. The Morgan fingerprint density at radius 3 is 2.50 bits per heavy atom. The number of piperidine rings is 1. The Morgan fingerprint density at radius 2 is 1.82 bits per heavy atom. The zero-order valence-electron chi connectivity index (χ0n) is 16.0. The molecule has 2 aromatic carbocycles. The largest absolute Gasteiger partial charge is 0.497 e. The minimum atomic E-state index is -3.59. The van der Waals surface area contributed by atoms with Gasteiger partial charge in [-0.1, -0.05) is 36.8 Å². The Morgan fingerprint density at radius 1 is 1.11 bits per heavy atom. The van der Waals surface area contributed by atoms with Gasteiger partial charge in [0.25, 0.3) is 0 Å². The van der Waals surface area contributed by atoms with Crippen molar-refractivity contribution in [2.24, 2.45) is 0 Å². The Bertz CT molecular complexity index is 882. The number of methoxy groups -OCH3 is 1. The molecule has 0 bridgehead atoms. The van der Waals surface area contributed by atoms with E-state index in [1.54, 1.807) is 37.4 Å². The van der Waals surface area contributed by atoms with Crippen LogP contribution in [-0.4, -0.2) is 38.3 Å². The lowest BCUT2D eigenvalue weighted by molar-refractivity contribution is -0.122. The zero-order chi connectivity index (χ0) is 20.0. The lowest BCUT2D eigenvalue weighted by Crippen LogP contribution is -2.45.